The van der Waals surface area contributed by atoms with Gasteiger partial charge in [-0.1, -0.05) is 5.16 Å². The Labute approximate surface area is 102 Å². The summed E-state index contributed by atoms with van der Waals surface area (Å²) in [6.45, 7) is 0.180. The summed E-state index contributed by atoms with van der Waals surface area (Å²) >= 11 is 1.30. The fourth-order valence-corrected chi connectivity index (χ4v) is 2.09. The number of nitrogens with two attached hydrogens (primary N) is 2. The van der Waals surface area contributed by atoms with Gasteiger partial charge in [0.25, 0.3) is 0 Å². The standard InChI is InChI=1S/C9H13N3O4S/c1-15-3-6(16-9(11)13)7-2-5(4-17-7)8(10)12-14/h2,4,6,14H,3H2,1H3,(H2,10,12)(H2,11,13)/t6-/m1/s1. The Kier molecular flexibility index (Phi) is 4.73. The Morgan fingerprint density at radius 1 is 1.65 bits per heavy atom. The number of amidine groups is 1. The fourth-order valence-electron chi connectivity index (χ4n) is 1.18. The molecule has 0 unspecified atom stereocenters. The summed E-state index contributed by atoms with van der Waals surface area (Å²) in [4.78, 5) is 11.4. The minimum atomic E-state index is -0.884. The Morgan fingerprint density at radius 3 is 2.88 bits per heavy atom. The summed E-state index contributed by atoms with van der Waals surface area (Å²) in [5, 5.41) is 13.1. The molecule has 0 fully saturated rings. The van der Waals surface area contributed by atoms with Gasteiger partial charge >= 0.3 is 6.09 Å². The molecular formula is C9H13N3O4S. The van der Waals surface area contributed by atoms with Gasteiger partial charge in [-0.3, -0.25) is 0 Å². The number of hydrogen-bond donors (Lipinski definition) is 3. The van der Waals surface area contributed by atoms with Crippen molar-refractivity contribution in [1.29, 1.82) is 0 Å². The van der Waals surface area contributed by atoms with Crippen LogP contribution in [0, 0.1) is 0 Å². The van der Waals surface area contributed by atoms with E-state index in [0.29, 0.717) is 10.4 Å². The van der Waals surface area contributed by atoms with Gasteiger partial charge in [0, 0.05) is 22.9 Å². The van der Waals surface area contributed by atoms with Crippen LogP contribution in [-0.2, 0) is 9.47 Å². The van der Waals surface area contributed by atoms with Gasteiger partial charge in [-0.05, 0) is 6.07 Å². The number of carbonyl (C=O) groups excluding carboxylic acids is 1. The number of nitrogens with zero attached hydrogens (tertiary/aromatic N) is 1. The number of ether oxygens (including phenoxy) is 2. The number of primary amides is 1. The van der Waals surface area contributed by atoms with Crippen LogP contribution in [-0.4, -0.2) is 30.9 Å². The molecule has 0 saturated carbocycles. The highest BCUT2D eigenvalue weighted by atomic mass is 32.1. The maximum absolute atomic E-state index is 10.7. The van der Waals surface area contributed by atoms with Crippen molar-refractivity contribution in [3.05, 3.63) is 21.9 Å². The molecule has 0 aliphatic heterocycles. The van der Waals surface area contributed by atoms with Crippen molar-refractivity contribution in [1.82, 2.24) is 0 Å². The molecule has 94 valence electrons. The molecule has 1 aromatic heterocycles. The van der Waals surface area contributed by atoms with Crippen LogP contribution in [0.4, 0.5) is 4.79 Å². The van der Waals surface area contributed by atoms with Crippen molar-refractivity contribution in [2.24, 2.45) is 16.6 Å². The van der Waals surface area contributed by atoms with E-state index in [-0.39, 0.29) is 12.4 Å². The average Bonchev–Trinajstić information content (AvgIpc) is 2.76. The second-order valence-electron chi connectivity index (χ2n) is 3.10. The first kappa shape index (κ1) is 13.3. The smallest absolute Gasteiger partial charge is 0.405 e. The number of carbonyl (C=O) groups is 1. The second kappa shape index (κ2) is 6.06. The number of methoxy groups -OCH3 is 1. The maximum atomic E-state index is 10.7. The van der Waals surface area contributed by atoms with Gasteiger partial charge in [0.15, 0.2) is 11.9 Å². The molecule has 0 bridgehead atoms. The molecule has 7 nitrogen and oxygen atoms in total. The predicted octanol–water partition coefficient (Wildman–Crippen LogP) is 0.625. The molecule has 1 heterocycles. The third kappa shape index (κ3) is 3.61. The van der Waals surface area contributed by atoms with E-state index in [2.05, 4.69) is 5.16 Å². The number of hydrogen-bond acceptors (Lipinski definition) is 6. The lowest BCUT2D eigenvalue weighted by Gasteiger charge is -2.13. The van der Waals surface area contributed by atoms with E-state index >= 15 is 0 Å². The Hall–Kier alpha value is -1.80. The van der Waals surface area contributed by atoms with E-state index in [1.54, 1.807) is 11.4 Å². The molecule has 0 spiro atoms. The van der Waals surface area contributed by atoms with Crippen LogP contribution in [0.15, 0.2) is 16.6 Å². The van der Waals surface area contributed by atoms with E-state index in [9.17, 15) is 4.79 Å². The summed E-state index contributed by atoms with van der Waals surface area (Å²) in [5.74, 6) is -0.0114. The minimum absolute atomic E-state index is 0.0114. The first-order valence-electron chi connectivity index (χ1n) is 4.59. The molecule has 0 saturated heterocycles. The minimum Gasteiger partial charge on any atom is -0.438 e. The van der Waals surface area contributed by atoms with Crippen molar-refractivity contribution in [2.75, 3.05) is 13.7 Å². The third-order valence-electron chi connectivity index (χ3n) is 1.92. The molecular weight excluding hydrogens is 246 g/mol. The van der Waals surface area contributed by atoms with Gasteiger partial charge < -0.3 is 26.1 Å². The molecule has 1 aromatic rings. The van der Waals surface area contributed by atoms with Crippen molar-refractivity contribution in [3.63, 3.8) is 0 Å². The van der Waals surface area contributed by atoms with E-state index in [0.717, 1.165) is 0 Å². The number of amides is 1. The molecule has 0 aromatic carbocycles. The second-order valence-corrected chi connectivity index (χ2v) is 4.05. The highest BCUT2D eigenvalue weighted by molar-refractivity contribution is 7.10. The van der Waals surface area contributed by atoms with Crippen LogP contribution in [0.25, 0.3) is 0 Å². The van der Waals surface area contributed by atoms with Crippen LogP contribution in [0.2, 0.25) is 0 Å². The van der Waals surface area contributed by atoms with E-state index < -0.39 is 12.2 Å². The molecule has 0 radical (unpaired) electrons. The number of rotatable bonds is 5. The molecule has 1 amide bonds. The monoisotopic (exact) mass is 259 g/mol. The predicted molar refractivity (Wildman–Crippen MR) is 62.1 cm³/mol. The van der Waals surface area contributed by atoms with Crippen molar-refractivity contribution < 1.29 is 19.5 Å². The van der Waals surface area contributed by atoms with Gasteiger partial charge in [0.2, 0.25) is 0 Å². The summed E-state index contributed by atoms with van der Waals surface area (Å²) in [7, 11) is 1.48. The topological polar surface area (TPSA) is 120 Å². The molecule has 17 heavy (non-hydrogen) atoms. The highest BCUT2D eigenvalue weighted by Crippen LogP contribution is 2.25. The molecule has 5 N–H and O–H groups in total. The maximum Gasteiger partial charge on any atom is 0.405 e. The Balaban J connectivity index is 2.87. The third-order valence-corrected chi connectivity index (χ3v) is 2.94. The van der Waals surface area contributed by atoms with Crippen molar-refractivity contribution >= 4 is 23.3 Å². The van der Waals surface area contributed by atoms with Crippen LogP contribution < -0.4 is 11.5 Å². The molecule has 0 aliphatic carbocycles. The summed E-state index contributed by atoms with van der Waals surface area (Å²) in [6.07, 6.45) is -1.48. The molecule has 0 aliphatic rings. The lowest BCUT2D eigenvalue weighted by atomic mass is 10.2. The highest BCUT2D eigenvalue weighted by Gasteiger charge is 2.18. The van der Waals surface area contributed by atoms with Crippen LogP contribution in [0.3, 0.4) is 0 Å². The SMILES string of the molecule is COC[C@@H](OC(N)=O)c1cc(C(N)=NO)cs1. The van der Waals surface area contributed by atoms with E-state index in [1.807, 2.05) is 0 Å². The van der Waals surface area contributed by atoms with E-state index in [4.69, 9.17) is 26.1 Å². The average molecular weight is 259 g/mol. The van der Waals surface area contributed by atoms with Crippen molar-refractivity contribution in [2.45, 2.75) is 6.10 Å². The van der Waals surface area contributed by atoms with Gasteiger partial charge in [0.1, 0.15) is 0 Å². The fraction of sp³-hybridized carbons (Fsp3) is 0.333. The van der Waals surface area contributed by atoms with Crippen LogP contribution in [0.1, 0.15) is 16.5 Å². The number of thiophene rings is 1. The zero-order chi connectivity index (χ0) is 12.8. The van der Waals surface area contributed by atoms with Crippen LogP contribution >= 0.6 is 11.3 Å². The van der Waals surface area contributed by atoms with Crippen LogP contribution in [0.5, 0.6) is 0 Å². The lowest BCUT2D eigenvalue weighted by molar-refractivity contribution is 0.0451. The summed E-state index contributed by atoms with van der Waals surface area (Å²) in [5.41, 5.74) is 10.9. The molecule has 1 atom stereocenters. The zero-order valence-electron chi connectivity index (χ0n) is 9.12. The van der Waals surface area contributed by atoms with Gasteiger partial charge in [-0.15, -0.1) is 11.3 Å². The largest absolute Gasteiger partial charge is 0.438 e. The first-order chi connectivity index (χ1) is 8.08. The zero-order valence-corrected chi connectivity index (χ0v) is 9.94. The van der Waals surface area contributed by atoms with Gasteiger partial charge in [0.05, 0.1) is 6.61 Å². The van der Waals surface area contributed by atoms with E-state index in [1.165, 1.54) is 18.4 Å². The summed E-state index contributed by atoms with van der Waals surface area (Å²) < 4.78 is 9.80. The molecule has 8 heteroatoms. The Bertz CT molecular complexity index is 418. The van der Waals surface area contributed by atoms with Crippen molar-refractivity contribution in [3.8, 4) is 0 Å². The number of oxime groups is 1. The van der Waals surface area contributed by atoms with Gasteiger partial charge in [-0.25, -0.2) is 4.79 Å². The Morgan fingerprint density at radius 2 is 2.35 bits per heavy atom. The quantitative estimate of drug-likeness (QED) is 0.310. The first-order valence-corrected chi connectivity index (χ1v) is 5.47. The molecule has 1 rings (SSSR count). The summed E-state index contributed by atoms with van der Waals surface area (Å²) in [6, 6.07) is 1.65. The lowest BCUT2D eigenvalue weighted by Crippen LogP contribution is -2.20. The van der Waals surface area contributed by atoms with Gasteiger partial charge in [-0.2, -0.15) is 0 Å². The normalized spacial score (nSPS) is 13.4.